The highest BCUT2D eigenvalue weighted by Gasteiger charge is 2.16. The first-order chi connectivity index (χ1) is 6.43. The lowest BCUT2D eigenvalue weighted by Gasteiger charge is -2.06. The SMILES string of the molecule is CC(=O)c1cc(Br)c(C(F)F)cc1Cl. The third-order valence-electron chi connectivity index (χ3n) is 1.70. The lowest BCUT2D eigenvalue weighted by molar-refractivity contribution is 0.101. The van der Waals surface area contributed by atoms with Crippen LogP contribution in [0.1, 0.15) is 29.3 Å². The Morgan fingerprint density at radius 2 is 2.07 bits per heavy atom. The summed E-state index contributed by atoms with van der Waals surface area (Å²) in [5.41, 5.74) is 0.0305. The lowest BCUT2D eigenvalue weighted by Crippen LogP contribution is -1.96. The molecular weight excluding hydrogens is 277 g/mol. The van der Waals surface area contributed by atoms with E-state index in [2.05, 4.69) is 15.9 Å². The van der Waals surface area contributed by atoms with Crippen LogP contribution in [0.25, 0.3) is 0 Å². The molecule has 1 aromatic rings. The van der Waals surface area contributed by atoms with Crippen molar-refractivity contribution in [1.29, 1.82) is 0 Å². The average Bonchev–Trinajstić information content (AvgIpc) is 2.07. The molecule has 0 aromatic heterocycles. The molecule has 1 aromatic carbocycles. The highest BCUT2D eigenvalue weighted by molar-refractivity contribution is 9.10. The highest BCUT2D eigenvalue weighted by atomic mass is 79.9. The van der Waals surface area contributed by atoms with Gasteiger partial charge in [0.1, 0.15) is 0 Å². The minimum absolute atomic E-state index is 0.0519. The average molecular weight is 283 g/mol. The van der Waals surface area contributed by atoms with E-state index in [-0.39, 0.29) is 26.4 Å². The Morgan fingerprint density at radius 1 is 1.50 bits per heavy atom. The van der Waals surface area contributed by atoms with Crippen LogP contribution in [0.3, 0.4) is 0 Å². The van der Waals surface area contributed by atoms with Gasteiger partial charge in [0.25, 0.3) is 6.43 Å². The fraction of sp³-hybridized carbons (Fsp3) is 0.222. The third-order valence-corrected chi connectivity index (χ3v) is 2.70. The van der Waals surface area contributed by atoms with E-state index < -0.39 is 6.43 Å². The van der Waals surface area contributed by atoms with Crippen LogP contribution in [0.5, 0.6) is 0 Å². The molecule has 76 valence electrons. The lowest BCUT2D eigenvalue weighted by atomic mass is 10.1. The maximum absolute atomic E-state index is 12.4. The van der Waals surface area contributed by atoms with E-state index >= 15 is 0 Å². The van der Waals surface area contributed by atoms with Gasteiger partial charge < -0.3 is 0 Å². The Morgan fingerprint density at radius 3 is 2.50 bits per heavy atom. The number of hydrogen-bond donors (Lipinski definition) is 0. The van der Waals surface area contributed by atoms with Crippen LogP contribution in [0, 0.1) is 0 Å². The maximum Gasteiger partial charge on any atom is 0.264 e. The Hall–Kier alpha value is -0.480. The second-order valence-electron chi connectivity index (χ2n) is 2.71. The van der Waals surface area contributed by atoms with E-state index in [0.29, 0.717) is 0 Å². The fourth-order valence-corrected chi connectivity index (χ4v) is 1.82. The van der Waals surface area contributed by atoms with Crippen molar-refractivity contribution < 1.29 is 13.6 Å². The zero-order chi connectivity index (χ0) is 10.9. The van der Waals surface area contributed by atoms with Gasteiger partial charge in [0, 0.05) is 15.6 Å². The number of carbonyl (C=O) groups is 1. The molecule has 0 heterocycles. The van der Waals surface area contributed by atoms with Crippen molar-refractivity contribution in [3.8, 4) is 0 Å². The Labute approximate surface area is 93.2 Å². The topological polar surface area (TPSA) is 17.1 Å². The van der Waals surface area contributed by atoms with E-state index in [1.54, 1.807) is 0 Å². The molecule has 0 bridgehead atoms. The van der Waals surface area contributed by atoms with Gasteiger partial charge in [-0.15, -0.1) is 0 Å². The van der Waals surface area contributed by atoms with Crippen LogP contribution >= 0.6 is 27.5 Å². The van der Waals surface area contributed by atoms with Gasteiger partial charge in [0.05, 0.1) is 5.02 Å². The minimum Gasteiger partial charge on any atom is -0.294 e. The van der Waals surface area contributed by atoms with Crippen LogP contribution < -0.4 is 0 Å². The monoisotopic (exact) mass is 282 g/mol. The molecule has 0 amide bonds. The molecule has 0 aliphatic rings. The molecule has 0 saturated carbocycles. The summed E-state index contributed by atoms with van der Waals surface area (Å²) < 4.78 is 24.9. The van der Waals surface area contributed by atoms with E-state index in [1.165, 1.54) is 13.0 Å². The quantitative estimate of drug-likeness (QED) is 0.742. The van der Waals surface area contributed by atoms with E-state index in [0.717, 1.165) is 6.07 Å². The first kappa shape index (κ1) is 11.6. The summed E-state index contributed by atoms with van der Waals surface area (Å²) in [6, 6.07) is 2.42. The summed E-state index contributed by atoms with van der Waals surface area (Å²) in [6.45, 7) is 1.33. The number of benzene rings is 1. The van der Waals surface area contributed by atoms with Gasteiger partial charge in [0.2, 0.25) is 0 Å². The van der Waals surface area contributed by atoms with E-state index in [4.69, 9.17) is 11.6 Å². The molecule has 0 N–H and O–H groups in total. The molecule has 0 radical (unpaired) electrons. The summed E-state index contributed by atoms with van der Waals surface area (Å²) in [6.07, 6.45) is -2.61. The van der Waals surface area contributed by atoms with Gasteiger partial charge in [-0.2, -0.15) is 0 Å². The van der Waals surface area contributed by atoms with Gasteiger partial charge >= 0.3 is 0 Å². The third kappa shape index (κ3) is 2.30. The van der Waals surface area contributed by atoms with Gasteiger partial charge in [-0.1, -0.05) is 27.5 Å². The largest absolute Gasteiger partial charge is 0.294 e. The standard InChI is InChI=1S/C9H6BrClF2O/c1-4(14)5-2-7(10)6(9(12)13)3-8(5)11/h2-3,9H,1H3. The van der Waals surface area contributed by atoms with E-state index in [9.17, 15) is 13.6 Å². The molecule has 0 aliphatic carbocycles. The molecule has 0 unspecified atom stereocenters. The number of halogens is 4. The first-order valence-electron chi connectivity index (χ1n) is 3.71. The van der Waals surface area contributed by atoms with Crippen molar-refractivity contribution in [2.45, 2.75) is 13.3 Å². The molecule has 14 heavy (non-hydrogen) atoms. The Kier molecular flexibility index (Phi) is 3.61. The number of hydrogen-bond acceptors (Lipinski definition) is 1. The van der Waals surface area contributed by atoms with Crippen molar-refractivity contribution in [3.05, 3.63) is 32.8 Å². The molecule has 0 saturated heterocycles. The fourth-order valence-electron chi connectivity index (χ4n) is 0.999. The molecule has 0 fully saturated rings. The van der Waals surface area contributed by atoms with Gasteiger partial charge in [-0.05, 0) is 19.1 Å². The number of ketones is 1. The maximum atomic E-state index is 12.4. The number of rotatable bonds is 2. The first-order valence-corrected chi connectivity index (χ1v) is 4.88. The van der Waals surface area contributed by atoms with Gasteiger partial charge in [0.15, 0.2) is 5.78 Å². The van der Waals surface area contributed by atoms with Crippen molar-refractivity contribution >= 4 is 33.3 Å². The number of carbonyl (C=O) groups excluding carboxylic acids is 1. The second-order valence-corrected chi connectivity index (χ2v) is 3.97. The van der Waals surface area contributed by atoms with Crippen molar-refractivity contribution in [2.75, 3.05) is 0 Å². The van der Waals surface area contributed by atoms with Gasteiger partial charge in [-0.25, -0.2) is 8.78 Å². The van der Waals surface area contributed by atoms with Crippen LogP contribution in [0.2, 0.25) is 5.02 Å². The van der Waals surface area contributed by atoms with Crippen molar-refractivity contribution in [1.82, 2.24) is 0 Å². The normalized spacial score (nSPS) is 10.7. The highest BCUT2D eigenvalue weighted by Crippen LogP contribution is 2.32. The molecule has 5 heteroatoms. The van der Waals surface area contributed by atoms with Gasteiger partial charge in [-0.3, -0.25) is 4.79 Å². The predicted octanol–water partition coefficient (Wildman–Crippen LogP) is 4.24. The summed E-state index contributed by atoms with van der Waals surface area (Å²) in [5, 5.41) is 0.0519. The Bertz CT molecular complexity index is 379. The van der Waals surface area contributed by atoms with Crippen molar-refractivity contribution in [3.63, 3.8) is 0 Å². The second kappa shape index (κ2) is 4.36. The summed E-state index contributed by atoms with van der Waals surface area (Å²) >= 11 is 8.62. The molecule has 0 atom stereocenters. The molecule has 0 spiro atoms. The zero-order valence-electron chi connectivity index (χ0n) is 7.15. The van der Waals surface area contributed by atoms with Crippen LogP contribution in [0.15, 0.2) is 16.6 Å². The minimum atomic E-state index is -2.61. The molecule has 1 rings (SSSR count). The van der Waals surface area contributed by atoms with Crippen molar-refractivity contribution in [2.24, 2.45) is 0 Å². The summed E-state index contributed by atoms with van der Waals surface area (Å²) in [5.74, 6) is -0.253. The summed E-state index contributed by atoms with van der Waals surface area (Å²) in [4.78, 5) is 11.0. The molecule has 1 nitrogen and oxygen atoms in total. The molecule has 0 aliphatic heterocycles. The zero-order valence-corrected chi connectivity index (χ0v) is 9.49. The molecular formula is C9H6BrClF2O. The predicted molar refractivity (Wildman–Crippen MR) is 54.1 cm³/mol. The smallest absolute Gasteiger partial charge is 0.264 e. The van der Waals surface area contributed by atoms with Crippen LogP contribution in [-0.2, 0) is 0 Å². The number of Topliss-reactive ketones (excluding diaryl/α,β-unsaturated/α-hetero) is 1. The van der Waals surface area contributed by atoms with Crippen LogP contribution in [0.4, 0.5) is 8.78 Å². The summed E-state index contributed by atoms with van der Waals surface area (Å²) in [7, 11) is 0. The van der Waals surface area contributed by atoms with E-state index in [1.807, 2.05) is 0 Å². The number of alkyl halides is 2. The Balaban J connectivity index is 3.31. The van der Waals surface area contributed by atoms with Crippen LogP contribution in [-0.4, -0.2) is 5.78 Å².